The van der Waals surface area contributed by atoms with Gasteiger partial charge in [0.2, 0.25) is 5.79 Å². The Morgan fingerprint density at radius 3 is 2.27 bits per heavy atom. The minimum Gasteiger partial charge on any atom is -0.472 e. The first-order chi connectivity index (χ1) is 22.8. The van der Waals surface area contributed by atoms with Crippen LogP contribution in [0, 0.1) is 39.4 Å². The van der Waals surface area contributed by atoms with Crippen LogP contribution in [0.3, 0.4) is 0 Å². The van der Waals surface area contributed by atoms with Gasteiger partial charge in [0.15, 0.2) is 18.0 Å². The first-order valence-corrected chi connectivity index (χ1v) is 17.3. The second-order valence-electron chi connectivity index (χ2n) is 16.2. The lowest BCUT2D eigenvalue weighted by molar-refractivity contribution is -0.423. The Balaban J connectivity index is 1.45. The molecular formula is C36H48O13. The highest BCUT2D eigenvalue weighted by Gasteiger charge is 2.93. The van der Waals surface area contributed by atoms with E-state index in [-0.39, 0.29) is 18.9 Å². The second kappa shape index (κ2) is 10.6. The molecule has 0 radical (unpaired) electrons. The molecule has 4 aliphatic carbocycles. The third-order valence-electron chi connectivity index (χ3n) is 14.5. The smallest absolute Gasteiger partial charge is 0.311 e. The van der Waals surface area contributed by atoms with Crippen molar-refractivity contribution in [1.29, 1.82) is 0 Å². The molecule has 0 aromatic carbocycles. The Bertz CT molecular complexity index is 1580. The average Bonchev–Trinajstić information content (AvgIpc) is 3.39. The molecule has 2 aliphatic heterocycles. The summed E-state index contributed by atoms with van der Waals surface area (Å²) in [6, 6.07) is 1.80. The molecule has 6 fully saturated rings. The monoisotopic (exact) mass is 688 g/mol. The van der Waals surface area contributed by atoms with E-state index in [2.05, 4.69) is 0 Å². The molecule has 0 amide bonds. The van der Waals surface area contributed by atoms with E-state index in [0.717, 1.165) is 12.5 Å². The largest absolute Gasteiger partial charge is 0.472 e. The maximum absolute atomic E-state index is 15.1. The normalized spacial score (nSPS) is 51.3. The van der Waals surface area contributed by atoms with Gasteiger partial charge in [0.1, 0.15) is 17.8 Å². The lowest BCUT2D eigenvalue weighted by Gasteiger charge is -2.75. The van der Waals surface area contributed by atoms with Crippen molar-refractivity contribution in [3.63, 3.8) is 0 Å². The van der Waals surface area contributed by atoms with Crippen molar-refractivity contribution in [2.75, 3.05) is 6.61 Å². The van der Waals surface area contributed by atoms with Crippen LogP contribution in [0.5, 0.6) is 0 Å². The molecule has 13 heteroatoms. The van der Waals surface area contributed by atoms with Crippen LogP contribution < -0.4 is 0 Å². The first-order valence-electron chi connectivity index (χ1n) is 17.3. The van der Waals surface area contributed by atoms with Gasteiger partial charge in [-0.1, -0.05) is 27.7 Å². The minimum atomic E-state index is -1.84. The molecule has 7 rings (SSSR count). The summed E-state index contributed by atoms with van der Waals surface area (Å²) >= 11 is 0. The summed E-state index contributed by atoms with van der Waals surface area (Å²) in [6.07, 6.45) is -3.86. The molecular weight excluding hydrogens is 640 g/mol. The first kappa shape index (κ1) is 34.6. The van der Waals surface area contributed by atoms with Crippen molar-refractivity contribution < 1.29 is 62.6 Å². The number of hydrogen-bond acceptors (Lipinski definition) is 13. The lowest BCUT2D eigenvalue weighted by Crippen LogP contribution is -2.86. The molecule has 3 N–H and O–H groups in total. The zero-order valence-electron chi connectivity index (χ0n) is 29.3. The van der Waals surface area contributed by atoms with Gasteiger partial charge in [0.25, 0.3) is 0 Å². The van der Waals surface area contributed by atoms with Crippen LogP contribution in [0.2, 0.25) is 0 Å². The van der Waals surface area contributed by atoms with Crippen molar-refractivity contribution in [3.05, 3.63) is 24.2 Å². The molecule has 16 atom stereocenters. The number of ether oxygens (including phenoxy) is 5. The molecule has 49 heavy (non-hydrogen) atoms. The molecule has 2 saturated heterocycles. The van der Waals surface area contributed by atoms with Crippen LogP contribution in [-0.4, -0.2) is 93.6 Å². The summed E-state index contributed by atoms with van der Waals surface area (Å²) in [4.78, 5) is 53.9. The number of esters is 3. The zero-order chi connectivity index (χ0) is 35.9. The summed E-state index contributed by atoms with van der Waals surface area (Å²) in [6.45, 7) is 12.3. The number of hydrogen-bond donors (Lipinski definition) is 3. The third-order valence-corrected chi connectivity index (χ3v) is 14.5. The number of aliphatic hydroxyl groups is 3. The number of carbonyl (C=O) groups is 4. The standard InChI is InChI=1S/C36H48O13/c1-9-16(2)30(43)49-34(8)32(6)21-13-22(39)33(7)26(35(21,15-45-34)28(42)25(46-17(3)37)29(32)47-18(4)38)24(40)27(41)31(5)20(19-10-11-44-14-19)12-23-36(31,33)48-23/h10-11,14,16,20-23,25-29,39,41-42H,9,12-13,15H2,1-8H3/t16-,20+,21+,22-,23-,25-,26?,27-,28+,29-,31-,32-,33-,34+,35+,36-/m1/s1. The number of ketones is 1. The van der Waals surface area contributed by atoms with Gasteiger partial charge in [-0.25, -0.2) is 0 Å². The molecule has 4 saturated carbocycles. The molecule has 1 aromatic heterocycles. The van der Waals surface area contributed by atoms with Crippen molar-refractivity contribution in [1.82, 2.24) is 0 Å². The maximum Gasteiger partial charge on any atom is 0.311 e. The third kappa shape index (κ3) is 3.83. The summed E-state index contributed by atoms with van der Waals surface area (Å²) in [5, 5.41) is 37.4. The van der Waals surface area contributed by atoms with E-state index in [0.29, 0.717) is 12.8 Å². The van der Waals surface area contributed by atoms with Gasteiger partial charge in [-0.15, -0.1) is 0 Å². The predicted octanol–water partition coefficient (Wildman–Crippen LogP) is 2.42. The van der Waals surface area contributed by atoms with E-state index in [4.69, 9.17) is 28.1 Å². The topological polar surface area (TPSA) is 192 Å². The fourth-order valence-corrected chi connectivity index (χ4v) is 11.9. The molecule has 270 valence electrons. The zero-order valence-corrected chi connectivity index (χ0v) is 29.3. The van der Waals surface area contributed by atoms with E-state index in [1.165, 1.54) is 20.1 Å². The van der Waals surface area contributed by atoms with Gasteiger partial charge in [-0.3, -0.25) is 19.2 Å². The molecule has 1 unspecified atom stereocenters. The lowest BCUT2D eigenvalue weighted by atomic mass is 9.32. The Morgan fingerprint density at radius 1 is 1.00 bits per heavy atom. The minimum absolute atomic E-state index is 0.0430. The van der Waals surface area contributed by atoms with Crippen molar-refractivity contribution in [2.24, 2.45) is 39.4 Å². The molecule has 2 bridgehead atoms. The second-order valence-corrected chi connectivity index (χ2v) is 16.2. The average molecular weight is 689 g/mol. The Hall–Kier alpha value is -2.84. The number of epoxide rings is 1. The number of carbonyl (C=O) groups excluding carboxylic acids is 4. The van der Waals surface area contributed by atoms with Crippen LogP contribution in [0.25, 0.3) is 0 Å². The summed E-state index contributed by atoms with van der Waals surface area (Å²) in [5.74, 6) is -7.62. The van der Waals surface area contributed by atoms with E-state index in [1.807, 2.05) is 13.8 Å². The van der Waals surface area contributed by atoms with Crippen molar-refractivity contribution in [2.45, 2.75) is 129 Å². The number of furan rings is 1. The van der Waals surface area contributed by atoms with E-state index in [1.54, 1.807) is 33.1 Å². The summed E-state index contributed by atoms with van der Waals surface area (Å²) in [7, 11) is 0. The molecule has 1 spiro atoms. The van der Waals surface area contributed by atoms with E-state index < -0.39 is 111 Å². The van der Waals surface area contributed by atoms with Crippen LogP contribution in [0.4, 0.5) is 0 Å². The van der Waals surface area contributed by atoms with Crippen molar-refractivity contribution in [3.8, 4) is 0 Å². The van der Waals surface area contributed by atoms with E-state index in [9.17, 15) is 29.7 Å². The summed E-state index contributed by atoms with van der Waals surface area (Å²) in [5.41, 5.74) is -6.16. The quantitative estimate of drug-likeness (QED) is 0.225. The van der Waals surface area contributed by atoms with Gasteiger partial charge < -0.3 is 43.4 Å². The number of rotatable bonds is 6. The highest BCUT2D eigenvalue weighted by molar-refractivity contribution is 5.91. The van der Waals surface area contributed by atoms with Gasteiger partial charge >= 0.3 is 17.9 Å². The fourth-order valence-electron chi connectivity index (χ4n) is 11.9. The molecule has 3 heterocycles. The number of aliphatic hydroxyl groups excluding tert-OH is 3. The van der Waals surface area contributed by atoms with Gasteiger partial charge in [0.05, 0.1) is 42.7 Å². The Labute approximate surface area is 284 Å². The number of Topliss-reactive ketones (excluding diaryl/α,β-unsaturated/α-hetero) is 1. The predicted molar refractivity (Wildman–Crippen MR) is 166 cm³/mol. The molecule has 6 aliphatic rings. The highest BCUT2D eigenvalue weighted by Crippen LogP contribution is 2.83. The van der Waals surface area contributed by atoms with Crippen LogP contribution in [-0.2, 0) is 42.9 Å². The van der Waals surface area contributed by atoms with Gasteiger partial charge in [-0.05, 0) is 43.7 Å². The Kier molecular flexibility index (Phi) is 7.48. The molecule has 1 aromatic rings. The Morgan fingerprint density at radius 2 is 1.67 bits per heavy atom. The van der Waals surface area contributed by atoms with Crippen LogP contribution in [0.1, 0.15) is 86.1 Å². The van der Waals surface area contributed by atoms with Crippen molar-refractivity contribution >= 4 is 23.7 Å². The van der Waals surface area contributed by atoms with Crippen LogP contribution >= 0.6 is 0 Å². The fraction of sp³-hybridized carbons (Fsp3) is 0.778. The van der Waals surface area contributed by atoms with Gasteiger partial charge in [0, 0.05) is 48.9 Å². The SMILES string of the molecule is CC[C@@H](C)C(=O)O[C@]1(C)OC[C@@]23C4C(=O)[C@@H](O)[C@@]5(C)[C@H](c6ccoc6)C[C@H]6O[C@]65[C@]4(C)[C@H](O)C[C@H]2[C@]1(C)[C@H](OC(C)=O)[C@H](OC(C)=O)[C@@H]3O. The molecule has 13 nitrogen and oxygen atoms in total. The van der Waals surface area contributed by atoms with Crippen LogP contribution in [0.15, 0.2) is 23.0 Å². The van der Waals surface area contributed by atoms with E-state index >= 15 is 4.79 Å². The number of fused-ring (bicyclic) bond motifs is 1. The van der Waals surface area contributed by atoms with Gasteiger partial charge in [-0.2, -0.15) is 0 Å². The maximum atomic E-state index is 15.1. The highest BCUT2D eigenvalue weighted by atomic mass is 16.7. The summed E-state index contributed by atoms with van der Waals surface area (Å²) < 4.78 is 36.4.